The number of piperazine rings is 1. The number of carbonyl (C=O) groups excluding carboxylic acids is 2. The standard InChI is InChI=1S/C32H32FN3O2/c33-28-12-10-24(11-13-28)31(23-6-2-1-3-7-23)25-14-16-34(17-15-25)18-19-36-30(37)22-35-21-27-9-5-4-8-26(27)20-29(35)32(36)38/h1-13,29H,14-22H2. The Morgan fingerprint density at radius 3 is 2.16 bits per heavy atom. The molecule has 194 valence electrons. The van der Waals surface area contributed by atoms with E-state index in [4.69, 9.17) is 0 Å². The van der Waals surface area contributed by atoms with Crippen molar-refractivity contribution in [3.8, 4) is 0 Å². The van der Waals surface area contributed by atoms with Gasteiger partial charge in [-0.05, 0) is 59.2 Å². The Labute approximate surface area is 223 Å². The third-order valence-corrected chi connectivity index (χ3v) is 8.18. The molecule has 2 amide bonds. The lowest BCUT2D eigenvalue weighted by molar-refractivity contribution is -0.156. The highest BCUT2D eigenvalue weighted by molar-refractivity contribution is 6.01. The van der Waals surface area contributed by atoms with Gasteiger partial charge < -0.3 is 4.90 Å². The monoisotopic (exact) mass is 509 g/mol. The Kier molecular flexibility index (Phi) is 6.92. The van der Waals surface area contributed by atoms with Crippen LogP contribution in [0.3, 0.4) is 0 Å². The Balaban J connectivity index is 1.12. The number of benzene rings is 3. The zero-order valence-electron chi connectivity index (χ0n) is 21.5. The first-order valence-electron chi connectivity index (χ1n) is 13.5. The second kappa shape index (κ2) is 10.6. The average molecular weight is 510 g/mol. The predicted octanol–water partition coefficient (Wildman–Crippen LogP) is 4.52. The van der Waals surface area contributed by atoms with E-state index in [2.05, 4.69) is 29.2 Å². The minimum Gasteiger partial charge on any atom is -0.301 e. The molecule has 2 saturated heterocycles. The Bertz CT molecular complexity index is 1360. The fraction of sp³-hybridized carbons (Fsp3) is 0.312. The molecule has 3 aromatic carbocycles. The van der Waals surface area contributed by atoms with Crippen LogP contribution in [0.2, 0.25) is 0 Å². The summed E-state index contributed by atoms with van der Waals surface area (Å²) in [6.45, 7) is 3.82. The highest BCUT2D eigenvalue weighted by atomic mass is 19.1. The van der Waals surface area contributed by atoms with E-state index < -0.39 is 0 Å². The number of halogens is 1. The predicted molar refractivity (Wildman–Crippen MR) is 146 cm³/mol. The number of fused-ring (bicyclic) bond motifs is 2. The summed E-state index contributed by atoms with van der Waals surface area (Å²) in [4.78, 5) is 32.1. The SMILES string of the molecule is O=C1CN2Cc3ccccc3CC2C(=O)N1CCN1CCC(=C(c2ccccc2)c2ccc(F)cc2)CC1. The molecular formula is C32H32FN3O2. The van der Waals surface area contributed by atoms with E-state index in [1.54, 1.807) is 0 Å². The van der Waals surface area contributed by atoms with E-state index in [1.165, 1.54) is 39.3 Å². The molecule has 3 aromatic rings. The van der Waals surface area contributed by atoms with Gasteiger partial charge in [0.15, 0.2) is 0 Å². The van der Waals surface area contributed by atoms with E-state index in [-0.39, 0.29) is 23.7 Å². The smallest absolute Gasteiger partial charge is 0.246 e. The number of nitrogens with zero attached hydrogens (tertiary/aromatic N) is 3. The third-order valence-electron chi connectivity index (χ3n) is 8.18. The third kappa shape index (κ3) is 4.94. The van der Waals surface area contributed by atoms with Gasteiger partial charge in [0.25, 0.3) is 0 Å². The van der Waals surface area contributed by atoms with Crippen LogP contribution in [0, 0.1) is 5.82 Å². The first kappa shape index (κ1) is 24.7. The molecule has 1 atom stereocenters. The lowest BCUT2D eigenvalue weighted by Crippen LogP contribution is -2.62. The Morgan fingerprint density at radius 2 is 1.42 bits per heavy atom. The van der Waals surface area contributed by atoms with Crippen molar-refractivity contribution in [2.24, 2.45) is 0 Å². The molecule has 0 radical (unpaired) electrons. The molecule has 0 aromatic heterocycles. The van der Waals surface area contributed by atoms with Crippen molar-refractivity contribution >= 4 is 17.4 Å². The average Bonchev–Trinajstić information content (AvgIpc) is 2.95. The molecule has 0 aliphatic carbocycles. The van der Waals surface area contributed by atoms with E-state index in [0.717, 1.165) is 37.1 Å². The van der Waals surface area contributed by atoms with Crippen molar-refractivity contribution in [3.05, 3.63) is 113 Å². The van der Waals surface area contributed by atoms with Crippen molar-refractivity contribution in [1.29, 1.82) is 0 Å². The van der Waals surface area contributed by atoms with Crippen LogP contribution in [0.1, 0.15) is 35.1 Å². The molecule has 3 heterocycles. The van der Waals surface area contributed by atoms with Gasteiger partial charge in [-0.15, -0.1) is 0 Å². The number of likely N-dealkylation sites (tertiary alicyclic amines) is 1. The number of rotatable bonds is 5. The number of piperidine rings is 1. The molecule has 38 heavy (non-hydrogen) atoms. The minimum absolute atomic E-state index is 0.0592. The summed E-state index contributed by atoms with van der Waals surface area (Å²) in [5.41, 5.74) is 7.15. The van der Waals surface area contributed by atoms with Gasteiger partial charge in [0.2, 0.25) is 11.8 Å². The van der Waals surface area contributed by atoms with Crippen LogP contribution in [-0.2, 0) is 22.6 Å². The largest absolute Gasteiger partial charge is 0.301 e. The zero-order chi connectivity index (χ0) is 26.1. The summed E-state index contributed by atoms with van der Waals surface area (Å²) in [7, 11) is 0. The van der Waals surface area contributed by atoms with Crippen LogP contribution in [0.15, 0.2) is 84.4 Å². The number of amides is 2. The van der Waals surface area contributed by atoms with Gasteiger partial charge in [-0.25, -0.2) is 4.39 Å². The van der Waals surface area contributed by atoms with Crippen LogP contribution in [0.5, 0.6) is 0 Å². The molecule has 0 saturated carbocycles. The molecule has 3 aliphatic rings. The van der Waals surface area contributed by atoms with Crippen molar-refractivity contribution in [3.63, 3.8) is 0 Å². The van der Waals surface area contributed by atoms with Crippen molar-refractivity contribution in [1.82, 2.24) is 14.7 Å². The summed E-state index contributed by atoms with van der Waals surface area (Å²) < 4.78 is 13.6. The Morgan fingerprint density at radius 1 is 0.763 bits per heavy atom. The van der Waals surface area contributed by atoms with Crippen LogP contribution in [-0.4, -0.2) is 65.3 Å². The molecule has 1 unspecified atom stereocenters. The minimum atomic E-state index is -0.248. The first-order valence-corrected chi connectivity index (χ1v) is 13.5. The van der Waals surface area contributed by atoms with Crippen LogP contribution in [0.25, 0.3) is 5.57 Å². The van der Waals surface area contributed by atoms with Crippen molar-refractivity contribution in [2.45, 2.75) is 31.8 Å². The maximum atomic E-state index is 13.6. The molecule has 5 nitrogen and oxygen atoms in total. The van der Waals surface area contributed by atoms with Crippen LogP contribution < -0.4 is 0 Å². The molecular weight excluding hydrogens is 477 g/mol. The summed E-state index contributed by atoms with van der Waals surface area (Å²) in [6, 6.07) is 25.0. The zero-order valence-corrected chi connectivity index (χ0v) is 21.5. The number of hydrogen-bond acceptors (Lipinski definition) is 4. The first-order chi connectivity index (χ1) is 18.6. The van der Waals surface area contributed by atoms with E-state index in [1.807, 2.05) is 47.4 Å². The highest BCUT2D eigenvalue weighted by Gasteiger charge is 2.41. The molecule has 2 fully saturated rings. The molecule has 3 aliphatic heterocycles. The van der Waals surface area contributed by atoms with Gasteiger partial charge in [0, 0.05) is 32.7 Å². The van der Waals surface area contributed by atoms with Gasteiger partial charge in [0.05, 0.1) is 12.6 Å². The number of carbonyl (C=O) groups is 2. The quantitative estimate of drug-likeness (QED) is 0.475. The number of imide groups is 1. The molecule has 0 N–H and O–H groups in total. The summed E-state index contributed by atoms with van der Waals surface area (Å²) >= 11 is 0. The maximum absolute atomic E-state index is 13.6. The van der Waals surface area contributed by atoms with Gasteiger partial charge in [-0.3, -0.25) is 19.4 Å². The fourth-order valence-electron chi connectivity index (χ4n) is 6.12. The summed E-state index contributed by atoms with van der Waals surface area (Å²) in [5, 5.41) is 0. The van der Waals surface area contributed by atoms with Crippen molar-refractivity contribution < 1.29 is 14.0 Å². The highest BCUT2D eigenvalue weighted by Crippen LogP contribution is 2.33. The molecule has 0 bridgehead atoms. The topological polar surface area (TPSA) is 43.9 Å². The number of hydrogen-bond donors (Lipinski definition) is 0. The van der Waals surface area contributed by atoms with Gasteiger partial charge in [-0.1, -0.05) is 72.3 Å². The second-order valence-corrected chi connectivity index (χ2v) is 10.5. The van der Waals surface area contributed by atoms with E-state index in [9.17, 15) is 14.0 Å². The second-order valence-electron chi connectivity index (χ2n) is 10.5. The lowest BCUT2D eigenvalue weighted by Gasteiger charge is -2.43. The van der Waals surface area contributed by atoms with E-state index >= 15 is 0 Å². The summed E-state index contributed by atoms with van der Waals surface area (Å²) in [5.74, 6) is -0.384. The Hall–Kier alpha value is -3.61. The normalized spacial score (nSPS) is 20.3. The molecule has 6 rings (SSSR count). The van der Waals surface area contributed by atoms with Crippen LogP contribution in [0.4, 0.5) is 4.39 Å². The molecule has 0 spiro atoms. The summed E-state index contributed by atoms with van der Waals surface area (Å²) in [6.07, 6.45) is 2.47. The maximum Gasteiger partial charge on any atom is 0.246 e. The molecule has 6 heteroatoms. The lowest BCUT2D eigenvalue weighted by atomic mass is 9.88. The van der Waals surface area contributed by atoms with Gasteiger partial charge >= 0.3 is 0 Å². The van der Waals surface area contributed by atoms with Gasteiger partial charge in [0.1, 0.15) is 5.82 Å². The van der Waals surface area contributed by atoms with E-state index in [0.29, 0.717) is 32.6 Å². The van der Waals surface area contributed by atoms with Gasteiger partial charge in [-0.2, -0.15) is 0 Å². The van der Waals surface area contributed by atoms with Crippen molar-refractivity contribution in [2.75, 3.05) is 32.7 Å². The fourth-order valence-corrected chi connectivity index (χ4v) is 6.12. The van der Waals surface area contributed by atoms with Crippen LogP contribution >= 0.6 is 0 Å².